The number of hydrogen-bond donors (Lipinski definition) is 0. The van der Waals surface area contributed by atoms with E-state index in [1.54, 1.807) is 19.1 Å². The number of hydrogen-bond acceptors (Lipinski definition) is 4. The van der Waals surface area contributed by atoms with E-state index >= 15 is 0 Å². The van der Waals surface area contributed by atoms with Gasteiger partial charge in [0, 0.05) is 19.0 Å². The highest BCUT2D eigenvalue weighted by Gasteiger charge is 2.29. The van der Waals surface area contributed by atoms with Gasteiger partial charge in [-0.3, -0.25) is 4.79 Å². The fourth-order valence-corrected chi connectivity index (χ4v) is 4.42. The second kappa shape index (κ2) is 9.20. The predicted molar refractivity (Wildman–Crippen MR) is 135 cm³/mol. The van der Waals surface area contributed by atoms with Gasteiger partial charge >= 0.3 is 0 Å². The summed E-state index contributed by atoms with van der Waals surface area (Å²) in [6.45, 7) is 0.882. The first-order chi connectivity index (χ1) is 16.5. The molecule has 0 radical (unpaired) electrons. The van der Waals surface area contributed by atoms with Crippen molar-refractivity contribution in [2.45, 2.75) is 6.61 Å². The van der Waals surface area contributed by atoms with Gasteiger partial charge in [-0.25, -0.2) is 4.98 Å². The summed E-state index contributed by atoms with van der Waals surface area (Å²) in [6.07, 6.45) is 0. The first-order valence-electron chi connectivity index (χ1n) is 10.9. The third kappa shape index (κ3) is 4.22. The van der Waals surface area contributed by atoms with E-state index < -0.39 is 0 Å². The number of methoxy groups -OCH3 is 1. The summed E-state index contributed by atoms with van der Waals surface area (Å²) in [5.74, 6) is 1.30. The quantitative estimate of drug-likeness (QED) is 0.354. The lowest BCUT2D eigenvalue weighted by Gasteiger charge is -2.10. The Morgan fingerprint density at radius 1 is 0.971 bits per heavy atom. The molecule has 3 aromatic carbocycles. The number of halogens is 1. The Balaban J connectivity index is 1.38. The van der Waals surface area contributed by atoms with Crippen molar-refractivity contribution in [3.05, 3.63) is 101 Å². The second-order valence-electron chi connectivity index (χ2n) is 8.17. The van der Waals surface area contributed by atoms with Crippen molar-refractivity contribution in [1.29, 1.82) is 0 Å². The molecule has 1 aliphatic rings. The van der Waals surface area contributed by atoms with Gasteiger partial charge in [0.2, 0.25) is 0 Å². The monoisotopic (exact) mass is 470 g/mol. The molecular weight excluding hydrogens is 448 g/mol. The van der Waals surface area contributed by atoms with Gasteiger partial charge in [0.15, 0.2) is 0 Å². The zero-order valence-electron chi connectivity index (χ0n) is 18.9. The number of pyridine rings is 1. The van der Waals surface area contributed by atoms with Crippen LogP contribution >= 0.6 is 11.6 Å². The average molecular weight is 471 g/mol. The molecule has 2 heterocycles. The molecule has 5 rings (SSSR count). The maximum Gasteiger partial charge on any atom is 0.254 e. The van der Waals surface area contributed by atoms with Crippen molar-refractivity contribution in [3.63, 3.8) is 0 Å². The molecule has 34 heavy (non-hydrogen) atoms. The molecule has 170 valence electrons. The number of para-hydroxylation sites is 1. The number of benzene rings is 3. The first-order valence-corrected chi connectivity index (χ1v) is 11.3. The van der Waals surface area contributed by atoms with Crippen molar-refractivity contribution in [1.82, 2.24) is 9.88 Å². The minimum atomic E-state index is -0.0176. The lowest BCUT2D eigenvalue weighted by Crippen LogP contribution is -2.21. The summed E-state index contributed by atoms with van der Waals surface area (Å²) < 4.78 is 11.2. The highest BCUT2D eigenvalue weighted by atomic mass is 35.5. The van der Waals surface area contributed by atoms with Crippen molar-refractivity contribution in [2.75, 3.05) is 20.7 Å². The number of aromatic nitrogens is 1. The Hall–Kier alpha value is -3.83. The third-order valence-corrected chi connectivity index (χ3v) is 6.24. The van der Waals surface area contributed by atoms with Crippen molar-refractivity contribution in [2.24, 2.45) is 0 Å². The number of carbonyl (C=O) groups excluding carboxylic acids is 1. The molecule has 0 unspecified atom stereocenters. The van der Waals surface area contributed by atoms with Crippen LogP contribution in [0, 0.1) is 0 Å². The molecule has 0 spiro atoms. The predicted octanol–water partition coefficient (Wildman–Crippen LogP) is 5.86. The number of fused-ring (bicyclic) bond motifs is 1. The Bertz CT molecular complexity index is 1410. The van der Waals surface area contributed by atoms with Crippen molar-refractivity contribution >= 4 is 39.6 Å². The van der Waals surface area contributed by atoms with E-state index in [4.69, 9.17) is 21.1 Å². The number of likely N-dealkylation sites (N-methyl/N-ethyl adjacent to an activating group) is 1. The van der Waals surface area contributed by atoms with Gasteiger partial charge in [-0.2, -0.15) is 0 Å². The number of ether oxygens (including phenoxy) is 2. The standard InChI is InChI=1S/C28H23ClN2O3/c1-31-16-23(20-10-14-26(33-2)24(29)15-20)27(28(31)32)19-8-12-22(13-9-19)34-17-21-11-7-18-5-3-4-6-25(18)30-21/h3-15H,16-17H2,1-2H3. The van der Waals surface area contributed by atoms with E-state index in [2.05, 4.69) is 4.98 Å². The molecule has 6 heteroatoms. The van der Waals surface area contributed by atoms with Crippen LogP contribution in [0.3, 0.4) is 0 Å². The van der Waals surface area contributed by atoms with Crippen LogP contribution in [0.4, 0.5) is 0 Å². The smallest absolute Gasteiger partial charge is 0.254 e. The van der Waals surface area contributed by atoms with Crippen LogP contribution in [0.2, 0.25) is 5.02 Å². The molecule has 1 aliphatic heterocycles. The molecule has 1 aromatic heterocycles. The van der Waals surface area contributed by atoms with Crippen LogP contribution in [-0.2, 0) is 11.4 Å². The number of nitrogens with zero attached hydrogens (tertiary/aromatic N) is 2. The molecule has 0 fully saturated rings. The van der Waals surface area contributed by atoms with E-state index in [1.807, 2.05) is 78.9 Å². The maximum absolute atomic E-state index is 13.0. The van der Waals surface area contributed by atoms with Crippen LogP contribution in [0.1, 0.15) is 16.8 Å². The normalized spacial score (nSPS) is 13.6. The molecule has 0 N–H and O–H groups in total. The molecule has 0 atom stereocenters. The SMILES string of the molecule is COc1ccc(C2=C(c3ccc(OCc4ccc5ccccc5n4)cc3)C(=O)N(C)C2)cc1Cl. The Labute approximate surface area is 203 Å². The number of rotatable bonds is 6. The van der Waals surface area contributed by atoms with Gasteiger partial charge < -0.3 is 14.4 Å². The topological polar surface area (TPSA) is 51.7 Å². The molecular formula is C28H23ClN2O3. The minimum absolute atomic E-state index is 0.0176. The Morgan fingerprint density at radius 3 is 2.50 bits per heavy atom. The third-order valence-electron chi connectivity index (χ3n) is 5.94. The highest BCUT2D eigenvalue weighted by molar-refractivity contribution is 6.33. The van der Waals surface area contributed by atoms with Crippen molar-refractivity contribution in [3.8, 4) is 11.5 Å². The lowest BCUT2D eigenvalue weighted by molar-refractivity contribution is -0.122. The van der Waals surface area contributed by atoms with Gasteiger partial charge in [-0.1, -0.05) is 54.1 Å². The van der Waals surface area contributed by atoms with Gasteiger partial charge in [0.05, 0.1) is 28.9 Å². The largest absolute Gasteiger partial charge is 0.495 e. The van der Waals surface area contributed by atoms with Crippen LogP contribution in [0.15, 0.2) is 78.9 Å². The minimum Gasteiger partial charge on any atom is -0.495 e. The molecule has 0 saturated heterocycles. The molecule has 0 bridgehead atoms. The second-order valence-corrected chi connectivity index (χ2v) is 8.58. The molecule has 4 aromatic rings. The van der Waals surface area contributed by atoms with E-state index in [1.165, 1.54) is 0 Å². The van der Waals surface area contributed by atoms with Gasteiger partial charge in [-0.05, 0) is 53.1 Å². The summed E-state index contributed by atoms with van der Waals surface area (Å²) in [5.41, 5.74) is 5.16. The maximum atomic E-state index is 13.0. The Kier molecular flexibility index (Phi) is 5.95. The molecule has 0 saturated carbocycles. The van der Waals surface area contributed by atoms with Gasteiger partial charge in [0.25, 0.3) is 5.91 Å². The molecule has 5 nitrogen and oxygen atoms in total. The van der Waals surface area contributed by atoms with Gasteiger partial charge in [-0.15, -0.1) is 0 Å². The lowest BCUT2D eigenvalue weighted by atomic mass is 9.96. The highest BCUT2D eigenvalue weighted by Crippen LogP contribution is 2.37. The van der Waals surface area contributed by atoms with Gasteiger partial charge in [0.1, 0.15) is 18.1 Å². The summed E-state index contributed by atoms with van der Waals surface area (Å²) in [7, 11) is 3.38. The summed E-state index contributed by atoms with van der Waals surface area (Å²) >= 11 is 6.34. The fourth-order valence-electron chi connectivity index (χ4n) is 4.16. The van der Waals surface area contributed by atoms with Crippen LogP contribution in [-0.4, -0.2) is 36.5 Å². The first kappa shape index (κ1) is 22.0. The summed E-state index contributed by atoms with van der Waals surface area (Å²) in [4.78, 5) is 19.3. The van der Waals surface area contributed by atoms with E-state index in [-0.39, 0.29) is 5.91 Å². The van der Waals surface area contributed by atoms with E-state index in [0.717, 1.165) is 33.3 Å². The molecule has 0 aliphatic carbocycles. The van der Waals surface area contributed by atoms with Crippen molar-refractivity contribution < 1.29 is 14.3 Å². The summed E-state index contributed by atoms with van der Waals surface area (Å²) in [6, 6.07) is 25.2. The van der Waals surface area contributed by atoms with E-state index in [0.29, 0.717) is 35.2 Å². The zero-order chi connectivity index (χ0) is 23.7. The van der Waals surface area contributed by atoms with Crippen LogP contribution in [0.25, 0.3) is 22.0 Å². The number of carbonyl (C=O) groups is 1. The van der Waals surface area contributed by atoms with Crippen LogP contribution < -0.4 is 9.47 Å². The fraction of sp³-hybridized carbons (Fsp3) is 0.143. The molecule has 1 amide bonds. The Morgan fingerprint density at radius 2 is 1.74 bits per heavy atom. The average Bonchev–Trinajstić information content (AvgIpc) is 3.17. The zero-order valence-corrected chi connectivity index (χ0v) is 19.7. The van der Waals surface area contributed by atoms with E-state index in [9.17, 15) is 4.79 Å². The summed E-state index contributed by atoms with van der Waals surface area (Å²) in [5, 5.41) is 1.61. The van der Waals surface area contributed by atoms with Crippen LogP contribution in [0.5, 0.6) is 11.5 Å². The number of amides is 1.